The topological polar surface area (TPSA) is 91.0 Å². The minimum atomic E-state index is -0.957. The molecular formula is C23H27N5O3. The summed E-state index contributed by atoms with van der Waals surface area (Å²) >= 11 is 0. The van der Waals surface area contributed by atoms with E-state index >= 15 is 0 Å². The number of rotatable bonds is 7. The maximum absolute atomic E-state index is 12.4. The highest BCUT2D eigenvalue weighted by Gasteiger charge is 2.19. The van der Waals surface area contributed by atoms with Crippen LogP contribution in [0.1, 0.15) is 43.8 Å². The predicted octanol–water partition coefficient (Wildman–Crippen LogP) is 3.85. The Bertz CT molecular complexity index is 1100. The van der Waals surface area contributed by atoms with Gasteiger partial charge < -0.3 is 10.1 Å². The number of para-hydroxylation sites is 1. The van der Waals surface area contributed by atoms with Crippen LogP contribution in [0.25, 0.3) is 11.8 Å². The van der Waals surface area contributed by atoms with Gasteiger partial charge in [-0.25, -0.2) is 14.2 Å². The molecular weight excluding hydrogens is 394 g/mol. The van der Waals surface area contributed by atoms with Gasteiger partial charge in [0.15, 0.2) is 6.10 Å². The van der Waals surface area contributed by atoms with E-state index in [1.54, 1.807) is 23.0 Å². The second-order valence-electron chi connectivity index (χ2n) is 7.49. The number of aromatic nitrogens is 4. The number of amides is 1. The van der Waals surface area contributed by atoms with Crippen molar-refractivity contribution in [1.82, 2.24) is 19.6 Å². The third-order valence-electron chi connectivity index (χ3n) is 4.81. The Hall–Kier alpha value is -3.68. The van der Waals surface area contributed by atoms with Gasteiger partial charge in [0, 0.05) is 29.4 Å². The summed E-state index contributed by atoms with van der Waals surface area (Å²) in [6.07, 6.45) is 3.63. The van der Waals surface area contributed by atoms with E-state index in [-0.39, 0.29) is 6.04 Å². The summed E-state index contributed by atoms with van der Waals surface area (Å²) in [5.74, 6) is -0.474. The van der Waals surface area contributed by atoms with E-state index in [2.05, 4.69) is 15.5 Å². The number of anilines is 1. The van der Waals surface area contributed by atoms with Crippen LogP contribution in [0.5, 0.6) is 0 Å². The van der Waals surface area contributed by atoms with E-state index in [0.717, 1.165) is 22.6 Å². The van der Waals surface area contributed by atoms with E-state index in [9.17, 15) is 9.59 Å². The molecule has 1 N–H and O–H groups in total. The first-order valence-corrected chi connectivity index (χ1v) is 10.1. The Morgan fingerprint density at radius 1 is 1.10 bits per heavy atom. The van der Waals surface area contributed by atoms with Crippen molar-refractivity contribution >= 4 is 23.8 Å². The van der Waals surface area contributed by atoms with E-state index in [4.69, 9.17) is 4.74 Å². The predicted molar refractivity (Wildman–Crippen MR) is 119 cm³/mol. The molecule has 1 amide bonds. The van der Waals surface area contributed by atoms with Crippen LogP contribution in [0.2, 0.25) is 0 Å². The molecule has 0 aliphatic rings. The normalized spacial score (nSPS) is 12.3. The molecule has 31 heavy (non-hydrogen) atoms. The zero-order chi connectivity index (χ0) is 22.5. The fourth-order valence-corrected chi connectivity index (χ4v) is 3.19. The van der Waals surface area contributed by atoms with Gasteiger partial charge in [-0.1, -0.05) is 18.2 Å². The lowest BCUT2D eigenvalue weighted by Gasteiger charge is -2.15. The lowest BCUT2D eigenvalue weighted by molar-refractivity contribution is -0.148. The fraction of sp³-hybridized carbons (Fsp3) is 0.304. The van der Waals surface area contributed by atoms with Crippen LogP contribution in [0.4, 0.5) is 5.82 Å². The lowest BCUT2D eigenvalue weighted by Crippen LogP contribution is -2.30. The summed E-state index contributed by atoms with van der Waals surface area (Å²) in [5, 5.41) is 11.5. The molecule has 0 saturated heterocycles. The minimum Gasteiger partial charge on any atom is -0.449 e. The first kappa shape index (κ1) is 22.0. The number of esters is 1. The van der Waals surface area contributed by atoms with Crippen LogP contribution in [0, 0.1) is 13.8 Å². The highest BCUT2D eigenvalue weighted by molar-refractivity contribution is 5.96. The minimum absolute atomic E-state index is 0.0920. The van der Waals surface area contributed by atoms with Crippen molar-refractivity contribution in [3.63, 3.8) is 0 Å². The number of ether oxygens (including phenoxy) is 1. The van der Waals surface area contributed by atoms with Gasteiger partial charge in [-0.15, -0.1) is 0 Å². The molecule has 0 fully saturated rings. The molecule has 1 aromatic carbocycles. The van der Waals surface area contributed by atoms with Crippen molar-refractivity contribution in [1.29, 1.82) is 0 Å². The number of carbonyl (C=O) groups excluding carboxylic acids is 2. The molecule has 162 valence electrons. The maximum Gasteiger partial charge on any atom is 0.331 e. The summed E-state index contributed by atoms with van der Waals surface area (Å²) in [6, 6.07) is 11.6. The molecule has 2 aromatic heterocycles. The highest BCUT2D eigenvalue weighted by atomic mass is 16.5. The Morgan fingerprint density at radius 2 is 1.81 bits per heavy atom. The van der Waals surface area contributed by atoms with Crippen LogP contribution in [-0.2, 0) is 14.3 Å². The standard InChI is InChI=1S/C23H27N5O3/c1-15(2)27-21(13-14-24-27)25-23(30)18(5)31-22(29)12-11-20-16(3)26-28(17(20)4)19-9-7-6-8-10-19/h6-15,18H,1-5H3,(H,25,30)/b12-11+/t18-/m0/s1. The van der Waals surface area contributed by atoms with Gasteiger partial charge in [-0.3, -0.25) is 4.79 Å². The van der Waals surface area contributed by atoms with Crippen LogP contribution in [0.3, 0.4) is 0 Å². The number of nitrogens with zero attached hydrogens (tertiary/aromatic N) is 4. The average molecular weight is 422 g/mol. The Balaban J connectivity index is 1.64. The van der Waals surface area contributed by atoms with Crippen LogP contribution < -0.4 is 5.32 Å². The summed E-state index contributed by atoms with van der Waals surface area (Å²) in [4.78, 5) is 24.7. The Labute approximate surface area is 181 Å². The molecule has 0 bridgehead atoms. The van der Waals surface area contributed by atoms with Gasteiger partial charge in [0.25, 0.3) is 5.91 Å². The van der Waals surface area contributed by atoms with Crippen LogP contribution in [-0.4, -0.2) is 37.5 Å². The number of benzene rings is 1. The molecule has 0 radical (unpaired) electrons. The van der Waals surface area contributed by atoms with Gasteiger partial charge in [0.1, 0.15) is 5.82 Å². The molecule has 0 unspecified atom stereocenters. The molecule has 1 atom stereocenters. The Morgan fingerprint density at radius 3 is 2.48 bits per heavy atom. The zero-order valence-corrected chi connectivity index (χ0v) is 18.4. The van der Waals surface area contributed by atoms with E-state index in [0.29, 0.717) is 5.82 Å². The third kappa shape index (κ3) is 5.09. The van der Waals surface area contributed by atoms with E-state index in [1.165, 1.54) is 13.0 Å². The van der Waals surface area contributed by atoms with Crippen molar-refractivity contribution in [2.45, 2.75) is 46.8 Å². The van der Waals surface area contributed by atoms with Gasteiger partial charge in [-0.2, -0.15) is 10.2 Å². The fourth-order valence-electron chi connectivity index (χ4n) is 3.19. The second-order valence-corrected chi connectivity index (χ2v) is 7.49. The van der Waals surface area contributed by atoms with Crippen molar-refractivity contribution in [3.05, 3.63) is 65.6 Å². The zero-order valence-electron chi connectivity index (χ0n) is 18.4. The molecule has 2 heterocycles. The largest absolute Gasteiger partial charge is 0.449 e. The molecule has 3 aromatic rings. The van der Waals surface area contributed by atoms with Gasteiger partial charge in [0.2, 0.25) is 0 Å². The second kappa shape index (κ2) is 9.42. The highest BCUT2D eigenvalue weighted by Crippen LogP contribution is 2.19. The molecule has 0 aliphatic heterocycles. The summed E-state index contributed by atoms with van der Waals surface area (Å²) < 4.78 is 8.77. The molecule has 3 rings (SSSR count). The summed E-state index contributed by atoms with van der Waals surface area (Å²) in [7, 11) is 0. The van der Waals surface area contributed by atoms with Crippen molar-refractivity contribution in [2.75, 3.05) is 5.32 Å². The third-order valence-corrected chi connectivity index (χ3v) is 4.81. The van der Waals surface area contributed by atoms with Gasteiger partial charge in [0.05, 0.1) is 17.6 Å². The summed E-state index contributed by atoms with van der Waals surface area (Å²) in [5.41, 5.74) is 3.47. The number of carbonyl (C=O) groups is 2. The molecule has 8 heteroatoms. The molecule has 8 nitrogen and oxygen atoms in total. The monoisotopic (exact) mass is 421 g/mol. The van der Waals surface area contributed by atoms with Gasteiger partial charge in [-0.05, 0) is 52.8 Å². The number of hydrogen-bond acceptors (Lipinski definition) is 5. The number of nitrogens with one attached hydrogen (secondary N) is 1. The first-order chi connectivity index (χ1) is 14.8. The number of hydrogen-bond donors (Lipinski definition) is 1. The first-order valence-electron chi connectivity index (χ1n) is 10.1. The van der Waals surface area contributed by atoms with Crippen LogP contribution in [0.15, 0.2) is 48.7 Å². The lowest BCUT2D eigenvalue weighted by atomic mass is 10.2. The van der Waals surface area contributed by atoms with Crippen molar-refractivity contribution < 1.29 is 14.3 Å². The van der Waals surface area contributed by atoms with E-state index < -0.39 is 18.0 Å². The van der Waals surface area contributed by atoms with Crippen molar-refractivity contribution in [3.8, 4) is 5.69 Å². The van der Waals surface area contributed by atoms with Gasteiger partial charge >= 0.3 is 5.97 Å². The van der Waals surface area contributed by atoms with E-state index in [1.807, 2.05) is 62.7 Å². The SMILES string of the molecule is Cc1nn(-c2ccccc2)c(C)c1/C=C/C(=O)O[C@@H](C)C(=O)Nc1ccnn1C(C)C. The Kier molecular flexibility index (Phi) is 6.69. The molecule has 0 spiro atoms. The average Bonchev–Trinajstić information content (AvgIpc) is 3.31. The quantitative estimate of drug-likeness (QED) is 0.462. The molecule has 0 aliphatic carbocycles. The smallest absolute Gasteiger partial charge is 0.331 e. The summed E-state index contributed by atoms with van der Waals surface area (Å²) in [6.45, 7) is 9.26. The van der Waals surface area contributed by atoms with Crippen LogP contribution >= 0.6 is 0 Å². The maximum atomic E-state index is 12.4. The number of aryl methyl sites for hydroxylation is 1. The van der Waals surface area contributed by atoms with Crippen molar-refractivity contribution in [2.24, 2.45) is 0 Å². The molecule has 0 saturated carbocycles.